The molecule has 1 aromatic carbocycles. The van der Waals surface area contributed by atoms with Crippen LogP contribution in [-0.2, 0) is 25.8 Å². The fourth-order valence-electron chi connectivity index (χ4n) is 4.17. The van der Waals surface area contributed by atoms with Crippen LogP contribution < -0.4 is 20.9 Å². The molecule has 2 aromatic heterocycles. The van der Waals surface area contributed by atoms with Gasteiger partial charge in [-0.1, -0.05) is 6.92 Å². The number of rotatable bonds is 11. The number of carbonyl (C=O) groups excluding carboxylic acids is 1. The molecule has 5 atom stereocenters. The van der Waals surface area contributed by atoms with Gasteiger partial charge in [0.05, 0.1) is 24.5 Å². The number of nitrogens with zero attached hydrogens (tertiary/aromatic N) is 3. The Bertz CT molecular complexity index is 1440. The molecule has 0 spiro atoms. The van der Waals surface area contributed by atoms with Gasteiger partial charge in [0, 0.05) is 37.0 Å². The van der Waals surface area contributed by atoms with Gasteiger partial charge in [0.25, 0.3) is 5.56 Å². The normalized spacial score (nSPS) is 20.4. The van der Waals surface area contributed by atoms with E-state index in [0.717, 1.165) is 0 Å². The Morgan fingerprint density at radius 3 is 2.67 bits per heavy atom. The van der Waals surface area contributed by atoms with Crippen LogP contribution in [0.5, 0.6) is 5.75 Å². The number of hydrogen-bond acceptors (Lipinski definition) is 9. The van der Waals surface area contributed by atoms with Gasteiger partial charge in [0.15, 0.2) is 11.6 Å². The van der Waals surface area contributed by atoms with Crippen molar-refractivity contribution in [1.29, 1.82) is 0 Å². The van der Waals surface area contributed by atoms with Crippen LogP contribution in [-0.4, -0.2) is 50.2 Å². The van der Waals surface area contributed by atoms with Gasteiger partial charge in [-0.3, -0.25) is 23.8 Å². The van der Waals surface area contributed by atoms with E-state index < -0.39 is 49.9 Å². The highest BCUT2D eigenvalue weighted by Crippen LogP contribution is 2.40. The van der Waals surface area contributed by atoms with Crippen LogP contribution in [0.25, 0.3) is 11.3 Å². The molecule has 3 aromatic rings. The van der Waals surface area contributed by atoms with Gasteiger partial charge < -0.3 is 18.5 Å². The average Bonchev–Trinajstić information content (AvgIpc) is 3.48. The Morgan fingerprint density at radius 1 is 1.25 bits per heavy atom. The molecule has 0 bridgehead atoms. The maximum absolute atomic E-state index is 15.1. The lowest BCUT2D eigenvalue weighted by Gasteiger charge is -2.24. The van der Waals surface area contributed by atoms with Gasteiger partial charge in [-0.15, -0.1) is 0 Å². The Labute approximate surface area is 231 Å². The van der Waals surface area contributed by atoms with Crippen molar-refractivity contribution in [2.75, 3.05) is 6.61 Å². The van der Waals surface area contributed by atoms with Crippen LogP contribution in [0.3, 0.4) is 0 Å². The van der Waals surface area contributed by atoms with E-state index in [2.05, 4.69) is 15.2 Å². The lowest BCUT2D eigenvalue weighted by atomic mass is 10.1. The van der Waals surface area contributed by atoms with E-state index in [1.54, 1.807) is 50.8 Å². The fraction of sp³-hybridized carbons (Fsp3) is 0.462. The molecule has 3 heterocycles. The number of carbonyl (C=O) groups is 1. The minimum Gasteiger partial charge on any atom is -0.462 e. The number of aromatic nitrogens is 4. The summed E-state index contributed by atoms with van der Waals surface area (Å²) in [5, 5.41) is 7.24. The van der Waals surface area contributed by atoms with E-state index >= 15 is 4.39 Å². The lowest BCUT2D eigenvalue weighted by molar-refractivity contribution is -0.149. The fourth-order valence-corrected chi connectivity index (χ4v) is 5.40. The van der Waals surface area contributed by atoms with E-state index in [-0.39, 0.29) is 24.4 Å². The number of esters is 1. The third kappa shape index (κ3) is 7.42. The average molecular weight is 578 g/mol. The third-order valence-electron chi connectivity index (χ3n) is 6.08. The Balaban J connectivity index is 1.46. The zero-order valence-corrected chi connectivity index (χ0v) is 23.8. The number of benzene rings is 1. The molecule has 0 amide bonds. The Hall–Kier alpha value is -3.38. The molecule has 1 aliphatic rings. The first-order valence-corrected chi connectivity index (χ1v) is 14.0. The monoisotopic (exact) mass is 577 g/mol. The van der Waals surface area contributed by atoms with Crippen molar-refractivity contribution in [3.8, 4) is 17.0 Å². The molecule has 4 unspecified atom stereocenters. The highest BCUT2D eigenvalue weighted by molar-refractivity contribution is 7.45. The predicted octanol–water partition coefficient (Wildman–Crippen LogP) is 3.25. The summed E-state index contributed by atoms with van der Waals surface area (Å²) in [6.07, 6.45) is 2.36. The molecule has 1 saturated heterocycles. The molecule has 2 N–H and O–H groups in total. The number of aromatic amines is 1. The second-order valence-electron chi connectivity index (χ2n) is 9.88. The van der Waals surface area contributed by atoms with E-state index in [9.17, 15) is 14.4 Å². The van der Waals surface area contributed by atoms with Gasteiger partial charge in [-0.25, -0.2) is 14.3 Å². The summed E-state index contributed by atoms with van der Waals surface area (Å²) >= 11 is 0. The first-order chi connectivity index (χ1) is 19.0. The largest absolute Gasteiger partial charge is 0.462 e. The zero-order valence-electron chi connectivity index (χ0n) is 22.9. The molecular weight excluding hydrogens is 544 g/mol. The third-order valence-corrected chi connectivity index (χ3v) is 7.43. The number of H-pyrrole nitrogens is 1. The van der Waals surface area contributed by atoms with Crippen molar-refractivity contribution >= 4 is 14.5 Å². The molecule has 216 valence electrons. The summed E-state index contributed by atoms with van der Waals surface area (Å²) in [6, 6.07) is 6.69. The molecule has 12 nitrogen and oxygen atoms in total. The van der Waals surface area contributed by atoms with Crippen LogP contribution in [0.4, 0.5) is 4.39 Å². The minimum atomic E-state index is -2.03. The molecule has 0 aliphatic carbocycles. The van der Waals surface area contributed by atoms with Crippen molar-refractivity contribution in [1.82, 2.24) is 24.4 Å². The summed E-state index contributed by atoms with van der Waals surface area (Å²) in [7, 11) is -0.253. The first kappa shape index (κ1) is 29.6. The van der Waals surface area contributed by atoms with Gasteiger partial charge in [-0.05, 0) is 51.5 Å². The number of hydrogen-bond donors (Lipinski definition) is 2. The predicted molar refractivity (Wildman–Crippen MR) is 145 cm³/mol. The van der Waals surface area contributed by atoms with E-state index in [1.165, 1.54) is 29.0 Å². The number of ether oxygens (including phenoxy) is 2. The Morgan fingerprint density at radius 2 is 2.02 bits per heavy atom. The molecule has 1 aliphatic heterocycles. The summed E-state index contributed by atoms with van der Waals surface area (Å²) in [6.45, 7) is 7.03. The Kier molecular flexibility index (Phi) is 9.52. The molecule has 4 rings (SSSR count). The zero-order chi connectivity index (χ0) is 29.0. The maximum Gasteiger partial charge on any atom is 0.330 e. The van der Waals surface area contributed by atoms with Crippen molar-refractivity contribution < 1.29 is 27.7 Å². The van der Waals surface area contributed by atoms with Crippen LogP contribution in [0.2, 0.25) is 0 Å². The highest BCUT2D eigenvalue weighted by atomic mass is 31.2. The molecule has 0 radical (unpaired) electrons. The standard InChI is InChI=1S/C26H33FN5O7P/c1-15(2)37-25(34)17(4)30-40(39-22-7-6-18(13-20(22)27)21-8-10-31(5)29-21)36-14-19-12-16(3)24(38-19)32-11-9-23(33)28-26(32)35/h6-11,13,15-17,19,24,30H,12,14H2,1-5H3,(H,28,33,35)/t16?,17-,19?,24?,40?/m0/s1. The minimum absolute atomic E-state index is 0.0389. The number of halogens is 1. The molecule has 40 heavy (non-hydrogen) atoms. The second-order valence-corrected chi connectivity index (χ2v) is 11.1. The van der Waals surface area contributed by atoms with E-state index in [0.29, 0.717) is 17.7 Å². The quantitative estimate of drug-likeness (QED) is 0.260. The summed E-state index contributed by atoms with van der Waals surface area (Å²) in [5.41, 5.74) is 0.124. The van der Waals surface area contributed by atoms with Gasteiger partial charge in [-0.2, -0.15) is 5.10 Å². The van der Waals surface area contributed by atoms with Crippen LogP contribution in [0.15, 0.2) is 52.3 Å². The number of nitrogens with one attached hydrogen (secondary N) is 2. The van der Waals surface area contributed by atoms with Crippen molar-refractivity contribution in [2.24, 2.45) is 13.0 Å². The van der Waals surface area contributed by atoms with E-state index in [4.69, 9.17) is 18.5 Å². The topological polar surface area (TPSA) is 139 Å². The van der Waals surface area contributed by atoms with Gasteiger partial charge in [0.1, 0.15) is 12.3 Å². The van der Waals surface area contributed by atoms with Crippen molar-refractivity contribution in [3.63, 3.8) is 0 Å². The maximum atomic E-state index is 15.1. The smallest absolute Gasteiger partial charge is 0.330 e. The highest BCUT2D eigenvalue weighted by Gasteiger charge is 2.35. The molecule has 1 fully saturated rings. The van der Waals surface area contributed by atoms with Gasteiger partial charge in [0.2, 0.25) is 0 Å². The van der Waals surface area contributed by atoms with Gasteiger partial charge >= 0.3 is 20.2 Å². The molecule has 14 heteroatoms. The molecular formula is C26H33FN5O7P. The summed E-state index contributed by atoms with van der Waals surface area (Å²) in [4.78, 5) is 38.3. The second kappa shape index (κ2) is 12.9. The summed E-state index contributed by atoms with van der Waals surface area (Å²) in [5.74, 6) is -1.26. The number of aryl methyl sites for hydroxylation is 1. The molecule has 0 saturated carbocycles. The summed E-state index contributed by atoms with van der Waals surface area (Å²) < 4.78 is 41.2. The SMILES string of the molecule is CC(C)OC(=O)[C@H](C)NP(OCC1CC(C)C(n2ccc(=O)[nH]c2=O)O1)Oc1ccc(-c2ccn(C)n2)cc1F. The van der Waals surface area contributed by atoms with Crippen molar-refractivity contribution in [3.05, 3.63) is 69.4 Å². The van der Waals surface area contributed by atoms with Crippen LogP contribution in [0, 0.1) is 11.7 Å². The van der Waals surface area contributed by atoms with Crippen molar-refractivity contribution in [2.45, 2.75) is 58.6 Å². The first-order valence-electron chi connectivity index (χ1n) is 12.8. The van der Waals surface area contributed by atoms with E-state index in [1.807, 2.05) is 6.92 Å². The lowest BCUT2D eigenvalue weighted by Crippen LogP contribution is -2.35. The van der Waals surface area contributed by atoms with Crippen LogP contribution >= 0.6 is 8.53 Å². The van der Waals surface area contributed by atoms with Crippen LogP contribution in [0.1, 0.15) is 40.3 Å².